The summed E-state index contributed by atoms with van der Waals surface area (Å²) in [7, 11) is 2.89. The molecule has 0 spiro atoms. The monoisotopic (exact) mass is 354 g/mol. The lowest BCUT2D eigenvalue weighted by Crippen LogP contribution is -2.29. The second-order valence-electron chi connectivity index (χ2n) is 5.53. The number of hydrogen-bond donors (Lipinski definition) is 1. The lowest BCUT2D eigenvalue weighted by Gasteiger charge is -2.11. The molecule has 2 aromatic heterocycles. The van der Waals surface area contributed by atoms with Gasteiger partial charge in [-0.1, -0.05) is 31.5 Å². The number of aryl methyl sites for hydroxylation is 2. The molecule has 0 aliphatic carbocycles. The van der Waals surface area contributed by atoms with Gasteiger partial charge in [-0.2, -0.15) is 0 Å². The number of aromatic amines is 1. The minimum Gasteiger partial charge on any atom is -0.468 e. The number of imidazole rings is 1. The Hall–Kier alpha value is -2.03. The lowest BCUT2D eigenvalue weighted by atomic mass is 10.2. The predicted octanol–water partition coefficient (Wildman–Crippen LogP) is 1.27. The van der Waals surface area contributed by atoms with Crippen molar-refractivity contribution in [2.75, 3.05) is 7.11 Å². The maximum Gasteiger partial charge on any atom is 0.329 e. The molecule has 0 radical (unpaired) electrons. The van der Waals surface area contributed by atoms with Gasteiger partial charge >= 0.3 is 11.7 Å². The molecule has 2 rings (SSSR count). The number of unbranched alkanes of at least 4 members (excludes halogenated alkanes) is 2. The van der Waals surface area contributed by atoms with Crippen molar-refractivity contribution in [1.29, 1.82) is 0 Å². The first kappa shape index (κ1) is 18.3. The van der Waals surface area contributed by atoms with E-state index in [0.29, 0.717) is 22.9 Å². The maximum atomic E-state index is 12.3. The number of hydrogen-bond acceptors (Lipinski definition) is 6. The van der Waals surface area contributed by atoms with Crippen LogP contribution in [0.25, 0.3) is 11.2 Å². The molecule has 0 aliphatic heterocycles. The van der Waals surface area contributed by atoms with E-state index in [1.54, 1.807) is 18.5 Å². The van der Waals surface area contributed by atoms with Gasteiger partial charge in [0.15, 0.2) is 16.3 Å². The highest BCUT2D eigenvalue weighted by atomic mass is 32.2. The molecular weight excluding hydrogens is 332 g/mol. The second-order valence-corrected chi connectivity index (χ2v) is 6.83. The van der Waals surface area contributed by atoms with Crippen LogP contribution in [0.3, 0.4) is 0 Å². The Labute approximate surface area is 143 Å². The molecule has 0 amide bonds. The Morgan fingerprint density at radius 2 is 2.08 bits per heavy atom. The van der Waals surface area contributed by atoms with Gasteiger partial charge < -0.3 is 9.30 Å². The molecule has 0 saturated heterocycles. The third kappa shape index (κ3) is 3.55. The first-order valence-electron chi connectivity index (χ1n) is 7.84. The summed E-state index contributed by atoms with van der Waals surface area (Å²) in [6.45, 7) is 4.41. The zero-order valence-electron chi connectivity index (χ0n) is 14.3. The molecule has 0 fully saturated rings. The number of esters is 1. The van der Waals surface area contributed by atoms with Gasteiger partial charge in [0.25, 0.3) is 5.56 Å². The highest BCUT2D eigenvalue weighted by Crippen LogP contribution is 2.26. The zero-order chi connectivity index (χ0) is 17.9. The molecule has 0 aliphatic rings. The lowest BCUT2D eigenvalue weighted by molar-refractivity contribution is -0.139. The third-order valence-electron chi connectivity index (χ3n) is 3.77. The molecular formula is C15H22N4O4S. The summed E-state index contributed by atoms with van der Waals surface area (Å²) in [5.41, 5.74) is -0.300. The van der Waals surface area contributed by atoms with Gasteiger partial charge in [0.2, 0.25) is 0 Å². The van der Waals surface area contributed by atoms with E-state index in [1.165, 1.54) is 23.4 Å². The molecule has 2 heterocycles. The van der Waals surface area contributed by atoms with Crippen molar-refractivity contribution in [2.24, 2.45) is 7.05 Å². The molecule has 0 saturated carbocycles. The van der Waals surface area contributed by atoms with E-state index in [2.05, 4.69) is 16.9 Å². The summed E-state index contributed by atoms with van der Waals surface area (Å²) >= 11 is 1.22. The van der Waals surface area contributed by atoms with Crippen molar-refractivity contribution in [1.82, 2.24) is 19.1 Å². The van der Waals surface area contributed by atoms with E-state index in [1.807, 2.05) is 0 Å². The molecule has 1 atom stereocenters. The maximum absolute atomic E-state index is 12.3. The smallest absolute Gasteiger partial charge is 0.329 e. The number of nitrogens with one attached hydrogen (secondary N) is 1. The molecule has 0 bridgehead atoms. The number of fused-ring (bicyclic) bond motifs is 1. The highest BCUT2D eigenvalue weighted by molar-refractivity contribution is 8.00. The summed E-state index contributed by atoms with van der Waals surface area (Å²) in [5.74, 6) is -0.366. The Balaban J connectivity index is 2.55. The highest BCUT2D eigenvalue weighted by Gasteiger charge is 2.22. The standard InChI is InChI=1S/C15H22N4O4S/c1-5-6-7-8-19-10-11(18(3)14(22)17-12(10)20)16-15(19)24-9(2)13(21)23-4/h9H,5-8H2,1-4H3,(H,17,20,22). The number of aromatic nitrogens is 4. The van der Waals surface area contributed by atoms with Crippen LogP contribution in [0, 0.1) is 0 Å². The summed E-state index contributed by atoms with van der Waals surface area (Å²) < 4.78 is 7.83. The second kappa shape index (κ2) is 7.69. The number of H-pyrrole nitrogens is 1. The summed E-state index contributed by atoms with van der Waals surface area (Å²) in [4.78, 5) is 42.5. The number of nitrogens with zero attached hydrogens (tertiary/aromatic N) is 3. The number of methoxy groups -OCH3 is 1. The van der Waals surface area contributed by atoms with Crippen LogP contribution in [0.5, 0.6) is 0 Å². The van der Waals surface area contributed by atoms with Crippen LogP contribution < -0.4 is 11.2 Å². The van der Waals surface area contributed by atoms with E-state index in [9.17, 15) is 14.4 Å². The van der Waals surface area contributed by atoms with Crippen LogP contribution >= 0.6 is 11.8 Å². The van der Waals surface area contributed by atoms with Crippen molar-refractivity contribution >= 4 is 28.9 Å². The number of carbonyl (C=O) groups excluding carboxylic acids is 1. The zero-order valence-corrected chi connectivity index (χ0v) is 15.1. The average molecular weight is 354 g/mol. The summed E-state index contributed by atoms with van der Waals surface area (Å²) in [5, 5.41) is 0.0681. The molecule has 132 valence electrons. The topological polar surface area (TPSA) is 99.0 Å². The molecule has 0 aromatic carbocycles. The predicted molar refractivity (Wildman–Crippen MR) is 92.5 cm³/mol. The largest absolute Gasteiger partial charge is 0.468 e. The van der Waals surface area contributed by atoms with Crippen molar-refractivity contribution < 1.29 is 9.53 Å². The fourth-order valence-electron chi connectivity index (χ4n) is 2.40. The van der Waals surface area contributed by atoms with E-state index >= 15 is 0 Å². The van der Waals surface area contributed by atoms with Crippen molar-refractivity contribution in [2.45, 2.75) is 50.1 Å². The van der Waals surface area contributed by atoms with E-state index < -0.39 is 16.5 Å². The minimum atomic E-state index is -0.511. The average Bonchev–Trinajstić information content (AvgIpc) is 2.91. The summed E-state index contributed by atoms with van der Waals surface area (Å²) in [6.07, 6.45) is 2.94. The first-order valence-corrected chi connectivity index (χ1v) is 8.72. The number of thioether (sulfide) groups is 1. The molecule has 2 aromatic rings. The van der Waals surface area contributed by atoms with Gasteiger partial charge in [-0.15, -0.1) is 0 Å². The van der Waals surface area contributed by atoms with Crippen LogP contribution in [0.1, 0.15) is 33.1 Å². The van der Waals surface area contributed by atoms with Crippen LogP contribution in [0.15, 0.2) is 14.7 Å². The van der Waals surface area contributed by atoms with Crippen molar-refractivity contribution in [3.8, 4) is 0 Å². The van der Waals surface area contributed by atoms with Crippen LogP contribution in [0.2, 0.25) is 0 Å². The number of rotatable bonds is 7. The molecule has 8 nitrogen and oxygen atoms in total. The van der Waals surface area contributed by atoms with Crippen LogP contribution in [-0.2, 0) is 23.1 Å². The van der Waals surface area contributed by atoms with Crippen LogP contribution in [-0.4, -0.2) is 37.4 Å². The van der Waals surface area contributed by atoms with E-state index in [-0.39, 0.29) is 5.97 Å². The Morgan fingerprint density at radius 3 is 2.71 bits per heavy atom. The quantitative estimate of drug-likeness (QED) is 0.457. The van der Waals surface area contributed by atoms with Gasteiger partial charge in [0.05, 0.1) is 7.11 Å². The van der Waals surface area contributed by atoms with Gasteiger partial charge in [-0.25, -0.2) is 9.78 Å². The Bertz CT molecular complexity index is 852. The van der Waals surface area contributed by atoms with Gasteiger partial charge in [0, 0.05) is 13.6 Å². The molecule has 1 N–H and O–H groups in total. The number of ether oxygens (including phenoxy) is 1. The van der Waals surface area contributed by atoms with Crippen molar-refractivity contribution in [3.63, 3.8) is 0 Å². The third-order valence-corrected chi connectivity index (χ3v) is 4.84. The van der Waals surface area contributed by atoms with E-state index in [4.69, 9.17) is 4.74 Å². The SMILES string of the molecule is CCCCCn1c(SC(C)C(=O)OC)nc2c1c(=O)[nH]c(=O)n2C. The normalized spacial score (nSPS) is 12.5. The fraction of sp³-hybridized carbons (Fsp3) is 0.600. The first-order chi connectivity index (χ1) is 11.4. The summed E-state index contributed by atoms with van der Waals surface area (Å²) in [6, 6.07) is 0. The van der Waals surface area contributed by atoms with Gasteiger partial charge in [-0.3, -0.25) is 19.1 Å². The minimum absolute atomic E-state index is 0.319. The Kier molecular flexibility index (Phi) is 5.87. The van der Waals surface area contributed by atoms with Crippen molar-refractivity contribution in [3.05, 3.63) is 20.8 Å². The van der Waals surface area contributed by atoms with Crippen LogP contribution in [0.4, 0.5) is 0 Å². The fourth-order valence-corrected chi connectivity index (χ4v) is 3.36. The molecule has 9 heteroatoms. The molecule has 1 unspecified atom stereocenters. The number of carbonyl (C=O) groups is 1. The van der Waals surface area contributed by atoms with Gasteiger partial charge in [-0.05, 0) is 13.3 Å². The van der Waals surface area contributed by atoms with Gasteiger partial charge in [0.1, 0.15) is 5.25 Å². The Morgan fingerprint density at radius 1 is 1.38 bits per heavy atom. The molecule has 24 heavy (non-hydrogen) atoms. The van der Waals surface area contributed by atoms with E-state index in [0.717, 1.165) is 19.3 Å².